The number of aliphatic hydroxyl groups excluding tert-OH is 4. The number of amides is 1. The zero-order valence-electron chi connectivity index (χ0n) is 17.1. The zero-order valence-corrected chi connectivity index (χ0v) is 17.8. The lowest BCUT2D eigenvalue weighted by Crippen LogP contribution is -2.55. The van der Waals surface area contributed by atoms with Crippen LogP contribution in [0.2, 0.25) is 5.02 Å². The van der Waals surface area contributed by atoms with Gasteiger partial charge in [-0.1, -0.05) is 41.9 Å². The van der Waals surface area contributed by atoms with Gasteiger partial charge in [0, 0.05) is 23.7 Å². The van der Waals surface area contributed by atoms with Crippen molar-refractivity contribution in [3.05, 3.63) is 64.2 Å². The summed E-state index contributed by atoms with van der Waals surface area (Å²) < 4.78 is 5.66. The average Bonchev–Trinajstić information content (AvgIpc) is 2.77. The molecule has 1 fully saturated rings. The first kappa shape index (κ1) is 22.2. The van der Waals surface area contributed by atoms with Gasteiger partial charge in [-0.3, -0.25) is 4.79 Å². The maximum Gasteiger partial charge on any atom is 0.230 e. The molecule has 1 saturated heterocycles. The van der Waals surface area contributed by atoms with Gasteiger partial charge in [0.25, 0.3) is 0 Å². The molecule has 0 spiro atoms. The number of fused-ring (bicyclic) bond motifs is 1. The molecular formula is C23H26ClNO6. The number of halogens is 1. The predicted octanol–water partition coefficient (Wildman–Crippen LogP) is 1.23. The van der Waals surface area contributed by atoms with Crippen LogP contribution >= 0.6 is 11.6 Å². The summed E-state index contributed by atoms with van der Waals surface area (Å²) in [6.07, 6.45) is -5.19. The predicted molar refractivity (Wildman–Crippen MR) is 115 cm³/mol. The van der Waals surface area contributed by atoms with Crippen molar-refractivity contribution in [1.82, 2.24) is 0 Å². The van der Waals surface area contributed by atoms with Gasteiger partial charge < -0.3 is 30.1 Å². The number of hydrogen-bond acceptors (Lipinski definition) is 6. The summed E-state index contributed by atoms with van der Waals surface area (Å²) in [5.74, 6) is -0.282. The first-order valence-electron chi connectivity index (χ1n) is 10.3. The number of para-hydroxylation sites is 1. The van der Waals surface area contributed by atoms with E-state index in [4.69, 9.17) is 16.3 Å². The molecular weight excluding hydrogens is 422 g/mol. The molecule has 0 radical (unpaired) electrons. The van der Waals surface area contributed by atoms with Crippen molar-refractivity contribution in [2.24, 2.45) is 5.92 Å². The molecule has 0 bridgehead atoms. The number of ether oxygens (including phenoxy) is 1. The minimum Gasteiger partial charge on any atom is -0.394 e. The van der Waals surface area contributed by atoms with Crippen molar-refractivity contribution in [2.45, 2.75) is 43.4 Å². The Kier molecular flexibility index (Phi) is 6.35. The third-order valence-corrected chi connectivity index (χ3v) is 6.62. The van der Waals surface area contributed by atoms with Gasteiger partial charge in [0.15, 0.2) is 0 Å². The smallest absolute Gasteiger partial charge is 0.230 e. The minimum absolute atomic E-state index is 0.00742. The molecule has 0 saturated carbocycles. The Morgan fingerprint density at radius 2 is 1.84 bits per heavy atom. The van der Waals surface area contributed by atoms with Gasteiger partial charge in [0.05, 0.1) is 6.61 Å². The number of carbonyl (C=O) groups is 1. The topological polar surface area (TPSA) is 110 Å². The van der Waals surface area contributed by atoms with E-state index in [-0.39, 0.29) is 11.8 Å². The Balaban J connectivity index is 1.60. The third kappa shape index (κ3) is 4.09. The van der Waals surface area contributed by atoms with Crippen LogP contribution in [0, 0.1) is 5.92 Å². The van der Waals surface area contributed by atoms with Gasteiger partial charge >= 0.3 is 0 Å². The number of carbonyl (C=O) groups excluding carboxylic acids is 1. The molecule has 2 aliphatic rings. The lowest BCUT2D eigenvalue weighted by Gasteiger charge is -2.40. The molecule has 2 aromatic carbocycles. The Labute approximate surface area is 185 Å². The van der Waals surface area contributed by atoms with Crippen molar-refractivity contribution >= 4 is 23.2 Å². The largest absolute Gasteiger partial charge is 0.394 e. The number of hydrogen-bond donors (Lipinski definition) is 4. The van der Waals surface area contributed by atoms with Crippen LogP contribution in [0.25, 0.3) is 0 Å². The highest BCUT2D eigenvalue weighted by molar-refractivity contribution is 6.31. The Morgan fingerprint density at radius 1 is 1.10 bits per heavy atom. The number of aliphatic hydroxyl groups is 4. The molecule has 2 heterocycles. The maximum atomic E-state index is 12.9. The number of anilines is 1. The van der Waals surface area contributed by atoms with Crippen molar-refractivity contribution in [3.8, 4) is 0 Å². The molecule has 2 aromatic rings. The quantitative estimate of drug-likeness (QED) is 0.561. The second-order valence-electron chi connectivity index (χ2n) is 8.23. The van der Waals surface area contributed by atoms with Crippen molar-refractivity contribution in [3.63, 3.8) is 0 Å². The molecule has 7 nitrogen and oxygen atoms in total. The van der Waals surface area contributed by atoms with E-state index in [1.807, 2.05) is 24.3 Å². The van der Waals surface area contributed by atoms with Crippen LogP contribution in [-0.4, -0.2) is 64.4 Å². The van der Waals surface area contributed by atoms with E-state index in [0.29, 0.717) is 23.4 Å². The fourth-order valence-electron chi connectivity index (χ4n) is 4.49. The van der Waals surface area contributed by atoms with E-state index in [0.717, 1.165) is 16.8 Å². The molecule has 4 N–H and O–H groups in total. The van der Waals surface area contributed by atoms with Gasteiger partial charge in [-0.25, -0.2) is 0 Å². The van der Waals surface area contributed by atoms with Crippen LogP contribution in [0.4, 0.5) is 5.69 Å². The highest BCUT2D eigenvalue weighted by atomic mass is 35.5. The summed E-state index contributed by atoms with van der Waals surface area (Å²) in [5.41, 5.74) is 3.27. The molecule has 6 atom stereocenters. The molecule has 166 valence electrons. The van der Waals surface area contributed by atoms with Crippen molar-refractivity contribution < 1.29 is 30.0 Å². The molecule has 0 aromatic heterocycles. The SMILES string of the molecule is CN1C(=O)C(Cc2cc([C@@H]3O[C@H](CO)[C@@H](O)[C@H](O)[C@H]3O)ccc2Cl)Cc2ccccc21. The first-order chi connectivity index (χ1) is 14.8. The van der Waals surface area contributed by atoms with Crippen molar-refractivity contribution in [2.75, 3.05) is 18.6 Å². The molecule has 1 amide bonds. The van der Waals surface area contributed by atoms with Gasteiger partial charge in [-0.05, 0) is 41.7 Å². The zero-order chi connectivity index (χ0) is 22.3. The first-order valence-corrected chi connectivity index (χ1v) is 10.6. The van der Waals surface area contributed by atoms with Gasteiger partial charge in [0.1, 0.15) is 30.5 Å². The molecule has 1 unspecified atom stereocenters. The highest BCUT2D eigenvalue weighted by Crippen LogP contribution is 2.36. The number of nitrogens with zero attached hydrogens (tertiary/aromatic N) is 1. The number of rotatable bonds is 4. The standard InChI is InChI=1S/C23H26ClNO6/c1-25-17-5-3-2-4-12(17)8-15(23(25)30)10-14-9-13(6-7-16(14)24)22-21(29)20(28)19(27)18(11-26)31-22/h2-7,9,15,18-22,26-29H,8,10-11H2,1H3/t15?,18-,19-,20+,21-,22+/m1/s1. The summed E-state index contributed by atoms with van der Waals surface area (Å²) in [7, 11) is 1.76. The summed E-state index contributed by atoms with van der Waals surface area (Å²) in [6, 6.07) is 12.9. The summed E-state index contributed by atoms with van der Waals surface area (Å²) in [4.78, 5) is 14.6. The van der Waals surface area contributed by atoms with Gasteiger partial charge in [0.2, 0.25) is 5.91 Å². The highest BCUT2D eigenvalue weighted by Gasteiger charge is 2.44. The monoisotopic (exact) mass is 447 g/mol. The van der Waals surface area contributed by atoms with Crippen LogP contribution in [0.1, 0.15) is 22.8 Å². The van der Waals surface area contributed by atoms with Crippen LogP contribution < -0.4 is 4.90 Å². The summed E-state index contributed by atoms with van der Waals surface area (Å²) in [6.45, 7) is -0.496. The van der Waals surface area contributed by atoms with Crippen LogP contribution in [-0.2, 0) is 22.4 Å². The van der Waals surface area contributed by atoms with Crippen molar-refractivity contribution in [1.29, 1.82) is 0 Å². The molecule has 0 aliphatic carbocycles. The van der Waals surface area contributed by atoms with E-state index in [2.05, 4.69) is 0 Å². The average molecular weight is 448 g/mol. The molecule has 8 heteroatoms. The van der Waals surface area contributed by atoms with E-state index >= 15 is 0 Å². The molecule has 4 rings (SSSR count). The van der Waals surface area contributed by atoms with Gasteiger partial charge in [-0.15, -0.1) is 0 Å². The maximum absolute atomic E-state index is 12.9. The van der Waals surface area contributed by atoms with Gasteiger partial charge in [-0.2, -0.15) is 0 Å². The van der Waals surface area contributed by atoms with Crippen LogP contribution in [0.3, 0.4) is 0 Å². The van der Waals surface area contributed by atoms with E-state index < -0.39 is 37.1 Å². The summed E-state index contributed by atoms with van der Waals surface area (Å²) in [5, 5.41) is 40.5. The Hall–Kier alpha value is -2.00. The lowest BCUT2D eigenvalue weighted by atomic mass is 9.86. The van der Waals surface area contributed by atoms with Crippen LogP contribution in [0.5, 0.6) is 0 Å². The second kappa shape index (κ2) is 8.86. The Morgan fingerprint density at radius 3 is 2.58 bits per heavy atom. The van der Waals surface area contributed by atoms with Crippen LogP contribution in [0.15, 0.2) is 42.5 Å². The fourth-order valence-corrected chi connectivity index (χ4v) is 4.68. The second-order valence-corrected chi connectivity index (χ2v) is 8.64. The van der Waals surface area contributed by atoms with E-state index in [9.17, 15) is 25.2 Å². The normalized spacial score (nSPS) is 30.9. The Bertz CT molecular complexity index is 967. The molecule has 2 aliphatic heterocycles. The van der Waals surface area contributed by atoms with E-state index in [1.165, 1.54) is 0 Å². The minimum atomic E-state index is -1.46. The molecule has 31 heavy (non-hydrogen) atoms. The lowest BCUT2D eigenvalue weighted by molar-refractivity contribution is -0.231. The van der Waals surface area contributed by atoms with E-state index in [1.54, 1.807) is 30.1 Å². The fraction of sp³-hybridized carbons (Fsp3) is 0.435. The number of benzene rings is 2. The summed E-state index contributed by atoms with van der Waals surface area (Å²) >= 11 is 6.43. The third-order valence-electron chi connectivity index (χ3n) is 6.26.